The van der Waals surface area contributed by atoms with Gasteiger partial charge in [-0.05, 0) is 47.4 Å². The highest BCUT2D eigenvalue weighted by molar-refractivity contribution is 6.21. The third kappa shape index (κ3) is 6.01. The molecule has 0 aromatic heterocycles. The number of alkyl carbamates (subject to hydrolysis) is 1. The van der Waals surface area contributed by atoms with Crippen LogP contribution in [-0.2, 0) is 19.1 Å². The summed E-state index contributed by atoms with van der Waals surface area (Å²) in [4.78, 5) is 53.6. The van der Waals surface area contributed by atoms with Crippen LogP contribution in [0.5, 0.6) is 0 Å². The number of aliphatic imine (C=N–C) groups is 1. The second-order valence-electron chi connectivity index (χ2n) is 10.9. The minimum atomic E-state index is -1.17. The molecule has 8 nitrogen and oxygen atoms in total. The van der Waals surface area contributed by atoms with Crippen molar-refractivity contribution in [1.82, 2.24) is 5.32 Å². The van der Waals surface area contributed by atoms with Gasteiger partial charge in [0.15, 0.2) is 0 Å². The lowest BCUT2D eigenvalue weighted by atomic mass is 9.70. The number of ether oxygens (including phenoxy) is 1. The topological polar surface area (TPSA) is 122 Å². The number of aliphatic carboxylic acids is 1. The van der Waals surface area contributed by atoms with E-state index in [0.29, 0.717) is 25.0 Å². The van der Waals surface area contributed by atoms with E-state index >= 15 is 0 Å². The van der Waals surface area contributed by atoms with E-state index in [2.05, 4.69) is 10.3 Å². The van der Waals surface area contributed by atoms with Crippen molar-refractivity contribution in [1.29, 1.82) is 0 Å². The number of rotatable bonds is 9. The van der Waals surface area contributed by atoms with E-state index in [1.54, 1.807) is 6.92 Å². The molecule has 0 heterocycles. The normalized spacial score (nSPS) is 18.0. The van der Waals surface area contributed by atoms with Crippen LogP contribution in [0.2, 0.25) is 0 Å². The third-order valence-corrected chi connectivity index (χ3v) is 7.31. The number of nitrogens with zero attached hydrogens (tertiary/aromatic N) is 1. The van der Waals surface area contributed by atoms with Gasteiger partial charge in [0.2, 0.25) is 0 Å². The SMILES string of the molecule is CC(=NCCC[C@H](NC(=O)OCC1c2ccccc2-c2ccccc21)C(=O)O)C1C(=O)CC(C)(C)CC1=O. The minimum absolute atomic E-state index is 0.0932. The second kappa shape index (κ2) is 11.3. The van der Waals surface area contributed by atoms with Gasteiger partial charge in [-0.3, -0.25) is 14.6 Å². The maximum absolute atomic E-state index is 12.5. The minimum Gasteiger partial charge on any atom is -0.480 e. The number of hydrogen-bond acceptors (Lipinski definition) is 6. The Hall–Kier alpha value is -3.81. The number of carboxylic acid groups (broad SMARTS) is 1. The van der Waals surface area contributed by atoms with E-state index in [1.165, 1.54) is 0 Å². The predicted octanol–water partition coefficient (Wildman–Crippen LogP) is 4.79. The smallest absolute Gasteiger partial charge is 0.407 e. The first-order valence-electron chi connectivity index (χ1n) is 13.0. The average Bonchev–Trinajstić information content (AvgIpc) is 3.17. The van der Waals surface area contributed by atoms with Crippen LogP contribution in [0, 0.1) is 11.3 Å². The van der Waals surface area contributed by atoms with Crippen molar-refractivity contribution in [3.05, 3.63) is 59.7 Å². The fraction of sp³-hybridized carbons (Fsp3) is 0.433. The van der Waals surface area contributed by atoms with Crippen molar-refractivity contribution in [2.45, 2.75) is 58.4 Å². The summed E-state index contributed by atoms with van der Waals surface area (Å²) >= 11 is 0. The molecule has 38 heavy (non-hydrogen) atoms. The van der Waals surface area contributed by atoms with E-state index in [-0.39, 0.29) is 42.5 Å². The molecule has 2 aliphatic rings. The van der Waals surface area contributed by atoms with Gasteiger partial charge in [0.05, 0.1) is 0 Å². The van der Waals surface area contributed by atoms with E-state index in [1.807, 2.05) is 62.4 Å². The Morgan fingerprint density at radius 1 is 1.03 bits per heavy atom. The van der Waals surface area contributed by atoms with Gasteiger partial charge in [-0.15, -0.1) is 0 Å². The van der Waals surface area contributed by atoms with Crippen LogP contribution in [0.3, 0.4) is 0 Å². The molecule has 0 radical (unpaired) electrons. The van der Waals surface area contributed by atoms with Crippen LogP contribution < -0.4 is 5.32 Å². The molecule has 4 rings (SSSR count). The molecule has 2 aromatic carbocycles. The highest BCUT2D eigenvalue weighted by Gasteiger charge is 2.40. The van der Waals surface area contributed by atoms with Crippen LogP contribution in [-0.4, -0.2) is 53.6 Å². The van der Waals surface area contributed by atoms with Crippen LogP contribution in [0.25, 0.3) is 11.1 Å². The summed E-state index contributed by atoms with van der Waals surface area (Å²) in [5, 5.41) is 12.0. The maximum Gasteiger partial charge on any atom is 0.407 e. The molecule has 200 valence electrons. The largest absolute Gasteiger partial charge is 0.480 e. The van der Waals surface area contributed by atoms with Gasteiger partial charge in [0.25, 0.3) is 0 Å². The Morgan fingerprint density at radius 2 is 1.58 bits per heavy atom. The Bertz CT molecular complexity index is 1220. The molecule has 1 fully saturated rings. The zero-order chi connectivity index (χ0) is 27.4. The molecular formula is C30H34N2O6. The molecule has 2 aromatic rings. The Labute approximate surface area is 222 Å². The second-order valence-corrected chi connectivity index (χ2v) is 10.9. The summed E-state index contributed by atoms with van der Waals surface area (Å²) in [6.45, 7) is 5.82. The first-order valence-corrected chi connectivity index (χ1v) is 13.0. The van der Waals surface area contributed by atoms with Crippen LogP contribution >= 0.6 is 0 Å². The molecule has 0 saturated heterocycles. The number of Topliss-reactive ketones (excluding diaryl/α,β-unsaturated/α-hetero) is 2. The van der Waals surface area contributed by atoms with Gasteiger partial charge in [-0.25, -0.2) is 9.59 Å². The zero-order valence-corrected chi connectivity index (χ0v) is 22.0. The van der Waals surface area contributed by atoms with Gasteiger partial charge < -0.3 is 15.2 Å². The monoisotopic (exact) mass is 518 g/mol. The Kier molecular flexibility index (Phi) is 8.09. The summed E-state index contributed by atoms with van der Waals surface area (Å²) in [6, 6.07) is 14.8. The molecule has 8 heteroatoms. The van der Waals surface area contributed by atoms with E-state index in [9.17, 15) is 24.3 Å². The number of ketones is 2. The standard InChI is InChI=1S/C30H34N2O6/c1-18(27-25(33)15-30(2,3)16-26(27)34)31-14-8-13-24(28(35)36)32-29(37)38-17-23-21-11-6-4-9-19(21)20-10-5-7-12-22(20)23/h4-7,9-12,23-24,27H,8,13-17H2,1-3H3,(H,32,37)(H,35,36)/t24-/m0/s1. The number of fused-ring (bicyclic) bond motifs is 3. The third-order valence-electron chi connectivity index (χ3n) is 7.31. The number of carbonyl (C=O) groups excluding carboxylic acids is 3. The number of carbonyl (C=O) groups is 4. The Balaban J connectivity index is 1.29. The van der Waals surface area contributed by atoms with Crippen molar-refractivity contribution < 1.29 is 29.0 Å². The fourth-order valence-corrected chi connectivity index (χ4v) is 5.54. The van der Waals surface area contributed by atoms with E-state index in [0.717, 1.165) is 22.3 Å². The number of hydrogen-bond donors (Lipinski definition) is 2. The lowest BCUT2D eigenvalue weighted by molar-refractivity contribution is -0.140. The number of carboxylic acids is 1. The van der Waals surface area contributed by atoms with Crippen LogP contribution in [0.15, 0.2) is 53.5 Å². The number of benzene rings is 2. The molecule has 1 amide bonds. The van der Waals surface area contributed by atoms with Crippen molar-refractivity contribution in [3.63, 3.8) is 0 Å². The molecule has 2 aliphatic carbocycles. The quantitative estimate of drug-likeness (QED) is 0.280. The lowest BCUT2D eigenvalue weighted by Gasteiger charge is -2.31. The molecule has 1 saturated carbocycles. The molecule has 0 unspecified atom stereocenters. The van der Waals surface area contributed by atoms with Crippen molar-refractivity contribution in [3.8, 4) is 11.1 Å². The summed E-state index contributed by atoms with van der Waals surface area (Å²) in [7, 11) is 0. The molecule has 0 spiro atoms. The number of nitrogens with one attached hydrogen (secondary N) is 1. The summed E-state index contributed by atoms with van der Waals surface area (Å²) < 4.78 is 5.47. The van der Waals surface area contributed by atoms with Crippen LogP contribution in [0.4, 0.5) is 4.79 Å². The molecule has 0 bridgehead atoms. The number of amides is 1. The van der Waals surface area contributed by atoms with Gasteiger partial charge in [-0.2, -0.15) is 0 Å². The molecular weight excluding hydrogens is 484 g/mol. The maximum atomic E-state index is 12.5. The molecule has 1 atom stereocenters. The van der Waals surface area contributed by atoms with Gasteiger partial charge in [-0.1, -0.05) is 62.4 Å². The van der Waals surface area contributed by atoms with Crippen molar-refractivity contribution in [2.24, 2.45) is 16.3 Å². The van der Waals surface area contributed by atoms with Crippen molar-refractivity contribution in [2.75, 3.05) is 13.2 Å². The average molecular weight is 519 g/mol. The summed E-state index contributed by atoms with van der Waals surface area (Å²) in [5.41, 5.74) is 4.50. The van der Waals surface area contributed by atoms with Gasteiger partial charge in [0, 0.05) is 31.0 Å². The van der Waals surface area contributed by atoms with E-state index in [4.69, 9.17) is 4.74 Å². The van der Waals surface area contributed by atoms with Crippen LogP contribution in [0.1, 0.15) is 63.5 Å². The first kappa shape index (κ1) is 27.2. The lowest BCUT2D eigenvalue weighted by Crippen LogP contribution is -2.41. The zero-order valence-electron chi connectivity index (χ0n) is 22.0. The molecule has 0 aliphatic heterocycles. The highest BCUT2D eigenvalue weighted by Crippen LogP contribution is 2.44. The highest BCUT2D eigenvalue weighted by atomic mass is 16.5. The Morgan fingerprint density at radius 3 is 2.13 bits per heavy atom. The molecule has 2 N–H and O–H groups in total. The predicted molar refractivity (Wildman–Crippen MR) is 143 cm³/mol. The summed E-state index contributed by atoms with van der Waals surface area (Å²) in [6.07, 6.45) is 0.372. The summed E-state index contributed by atoms with van der Waals surface area (Å²) in [5.74, 6) is -2.33. The van der Waals surface area contributed by atoms with E-state index < -0.39 is 24.0 Å². The van der Waals surface area contributed by atoms with Gasteiger partial charge >= 0.3 is 12.1 Å². The first-order chi connectivity index (χ1) is 18.1. The fourth-order valence-electron chi connectivity index (χ4n) is 5.54. The van der Waals surface area contributed by atoms with Crippen molar-refractivity contribution >= 4 is 29.3 Å². The van der Waals surface area contributed by atoms with Gasteiger partial charge in [0.1, 0.15) is 30.1 Å².